The van der Waals surface area contributed by atoms with E-state index in [1.165, 1.54) is 11.1 Å². The van der Waals surface area contributed by atoms with Crippen LogP contribution in [0.5, 0.6) is 0 Å². The number of hydrogen-bond donors (Lipinski definition) is 0. The molecule has 0 bridgehead atoms. The lowest BCUT2D eigenvalue weighted by molar-refractivity contribution is 0.0180. The van der Waals surface area contributed by atoms with E-state index in [4.69, 9.17) is 9.72 Å². The van der Waals surface area contributed by atoms with Crippen LogP contribution in [-0.4, -0.2) is 17.7 Å². The molecule has 0 aliphatic carbocycles. The highest BCUT2D eigenvalue weighted by molar-refractivity contribution is 5.81. The molecule has 0 amide bonds. The van der Waals surface area contributed by atoms with Gasteiger partial charge in [-0.15, -0.1) is 0 Å². The lowest BCUT2D eigenvalue weighted by atomic mass is 9.92. The van der Waals surface area contributed by atoms with Crippen molar-refractivity contribution in [2.75, 3.05) is 6.61 Å². The number of fused-ring (bicyclic) bond motifs is 1. The van der Waals surface area contributed by atoms with Gasteiger partial charge in [0, 0.05) is 23.6 Å². The summed E-state index contributed by atoms with van der Waals surface area (Å²) in [5.74, 6) is 0.534. The summed E-state index contributed by atoms with van der Waals surface area (Å²) in [6, 6.07) is 10.6. The normalized spacial score (nSPS) is 23.4. The molecular weight excluding hydrogens is 234 g/mol. The molecule has 2 heteroatoms. The molecular formula is C17H19NO. The van der Waals surface area contributed by atoms with Crippen LogP contribution in [0.2, 0.25) is 0 Å². The van der Waals surface area contributed by atoms with Crippen molar-refractivity contribution in [3.05, 3.63) is 48.2 Å². The minimum Gasteiger partial charge on any atom is -0.378 e. The molecule has 98 valence electrons. The zero-order valence-electron chi connectivity index (χ0n) is 11.3. The molecule has 19 heavy (non-hydrogen) atoms. The van der Waals surface area contributed by atoms with Crippen molar-refractivity contribution in [2.45, 2.75) is 31.8 Å². The predicted molar refractivity (Wildman–Crippen MR) is 79.2 cm³/mol. The Hall–Kier alpha value is -1.67. The molecule has 2 nitrogen and oxygen atoms in total. The molecule has 2 aromatic rings. The van der Waals surface area contributed by atoms with Crippen LogP contribution in [-0.2, 0) is 4.74 Å². The van der Waals surface area contributed by atoms with Crippen molar-refractivity contribution in [1.29, 1.82) is 0 Å². The molecule has 3 rings (SSSR count). The minimum atomic E-state index is 0.347. The molecule has 1 aliphatic rings. The van der Waals surface area contributed by atoms with Crippen molar-refractivity contribution in [3.63, 3.8) is 0 Å². The van der Waals surface area contributed by atoms with E-state index in [0.717, 1.165) is 30.5 Å². The zero-order chi connectivity index (χ0) is 13.2. The molecule has 1 aromatic heterocycles. The summed E-state index contributed by atoms with van der Waals surface area (Å²) in [5.41, 5.74) is 3.41. The monoisotopic (exact) mass is 253 g/mol. The van der Waals surface area contributed by atoms with Gasteiger partial charge in [-0.3, -0.25) is 4.98 Å². The summed E-state index contributed by atoms with van der Waals surface area (Å²) in [6.07, 6.45) is 4.36. The van der Waals surface area contributed by atoms with Gasteiger partial charge >= 0.3 is 0 Å². The summed E-state index contributed by atoms with van der Waals surface area (Å²) in [4.78, 5) is 4.82. The van der Waals surface area contributed by atoms with Gasteiger partial charge in [0.25, 0.3) is 0 Å². The Morgan fingerprint density at radius 3 is 3.00 bits per heavy atom. The standard InChI is InChI=1S/C17H19NO/c1-3-13-4-6-16-14(11-13)5-7-17(18-16)15-8-9-19-12(2)10-15/h3-7,11-12,15H,1,8-10H2,2H3. The fourth-order valence-electron chi connectivity index (χ4n) is 2.78. The number of pyridine rings is 1. The largest absolute Gasteiger partial charge is 0.378 e. The van der Waals surface area contributed by atoms with E-state index in [9.17, 15) is 0 Å². The summed E-state index contributed by atoms with van der Waals surface area (Å²) in [5, 5.41) is 1.18. The maximum absolute atomic E-state index is 5.61. The predicted octanol–water partition coefficient (Wildman–Crippen LogP) is 4.16. The first-order chi connectivity index (χ1) is 9.26. The zero-order valence-corrected chi connectivity index (χ0v) is 11.3. The summed E-state index contributed by atoms with van der Waals surface area (Å²) < 4.78 is 5.61. The fraction of sp³-hybridized carbons (Fsp3) is 0.353. The van der Waals surface area contributed by atoms with E-state index in [1.807, 2.05) is 6.08 Å². The maximum atomic E-state index is 5.61. The second kappa shape index (κ2) is 5.14. The van der Waals surface area contributed by atoms with Crippen molar-refractivity contribution in [3.8, 4) is 0 Å². The quantitative estimate of drug-likeness (QED) is 0.801. The third kappa shape index (κ3) is 2.54. The number of ether oxygens (including phenoxy) is 1. The number of rotatable bonds is 2. The van der Waals surface area contributed by atoms with Gasteiger partial charge < -0.3 is 4.74 Å². The smallest absolute Gasteiger partial charge is 0.0705 e. The first-order valence-electron chi connectivity index (χ1n) is 6.91. The topological polar surface area (TPSA) is 22.1 Å². The molecule has 0 radical (unpaired) electrons. The Kier molecular flexibility index (Phi) is 3.34. The summed E-state index contributed by atoms with van der Waals surface area (Å²) in [7, 11) is 0. The van der Waals surface area contributed by atoms with Gasteiger partial charge in [0.15, 0.2) is 0 Å². The highest BCUT2D eigenvalue weighted by Gasteiger charge is 2.21. The van der Waals surface area contributed by atoms with Gasteiger partial charge in [0.05, 0.1) is 11.6 Å². The number of nitrogens with zero attached hydrogens (tertiary/aromatic N) is 1. The average Bonchev–Trinajstić information content (AvgIpc) is 2.46. The number of hydrogen-bond acceptors (Lipinski definition) is 2. The number of benzene rings is 1. The summed E-state index contributed by atoms with van der Waals surface area (Å²) >= 11 is 0. The van der Waals surface area contributed by atoms with Crippen LogP contribution < -0.4 is 0 Å². The first kappa shape index (κ1) is 12.4. The van der Waals surface area contributed by atoms with E-state index in [0.29, 0.717) is 12.0 Å². The van der Waals surface area contributed by atoms with Crippen molar-refractivity contribution in [1.82, 2.24) is 4.98 Å². The van der Waals surface area contributed by atoms with Crippen LogP contribution in [0, 0.1) is 0 Å². The second-order valence-electron chi connectivity index (χ2n) is 5.30. The van der Waals surface area contributed by atoms with Gasteiger partial charge in [-0.2, -0.15) is 0 Å². The van der Waals surface area contributed by atoms with Crippen LogP contribution in [0.4, 0.5) is 0 Å². The van der Waals surface area contributed by atoms with E-state index in [2.05, 4.69) is 43.8 Å². The van der Waals surface area contributed by atoms with Crippen LogP contribution in [0.25, 0.3) is 17.0 Å². The molecule has 0 saturated carbocycles. The minimum absolute atomic E-state index is 0.347. The van der Waals surface area contributed by atoms with Gasteiger partial charge in [-0.25, -0.2) is 0 Å². The molecule has 2 heterocycles. The molecule has 1 saturated heterocycles. The van der Waals surface area contributed by atoms with Crippen molar-refractivity contribution >= 4 is 17.0 Å². The van der Waals surface area contributed by atoms with Gasteiger partial charge in [-0.1, -0.05) is 24.8 Å². The average molecular weight is 253 g/mol. The second-order valence-corrected chi connectivity index (χ2v) is 5.30. The van der Waals surface area contributed by atoms with Crippen LogP contribution in [0.1, 0.15) is 36.9 Å². The molecule has 1 fully saturated rings. The summed E-state index contributed by atoms with van der Waals surface area (Å²) in [6.45, 7) is 6.79. The van der Waals surface area contributed by atoms with E-state index in [1.54, 1.807) is 0 Å². The number of aromatic nitrogens is 1. The highest BCUT2D eigenvalue weighted by Crippen LogP contribution is 2.30. The van der Waals surface area contributed by atoms with Crippen LogP contribution in [0.15, 0.2) is 36.9 Å². The van der Waals surface area contributed by atoms with Gasteiger partial charge in [0.2, 0.25) is 0 Å². The Bertz CT molecular complexity index is 605. The lowest BCUT2D eigenvalue weighted by Crippen LogP contribution is -2.22. The molecule has 1 aromatic carbocycles. The van der Waals surface area contributed by atoms with E-state index >= 15 is 0 Å². The Balaban J connectivity index is 1.95. The third-order valence-corrected chi connectivity index (χ3v) is 3.87. The molecule has 1 aliphatic heterocycles. The van der Waals surface area contributed by atoms with Crippen LogP contribution in [0.3, 0.4) is 0 Å². The Labute approximate surface area is 114 Å². The molecule has 2 unspecified atom stereocenters. The Morgan fingerprint density at radius 2 is 2.21 bits per heavy atom. The molecule has 0 spiro atoms. The van der Waals surface area contributed by atoms with Crippen LogP contribution >= 0.6 is 0 Å². The van der Waals surface area contributed by atoms with Gasteiger partial charge in [-0.05, 0) is 43.5 Å². The first-order valence-corrected chi connectivity index (χ1v) is 6.91. The SMILES string of the molecule is C=Cc1ccc2nc(C3CCOC(C)C3)ccc2c1. The van der Waals surface area contributed by atoms with Crippen molar-refractivity contribution < 1.29 is 4.74 Å². The Morgan fingerprint density at radius 1 is 1.32 bits per heavy atom. The van der Waals surface area contributed by atoms with E-state index in [-0.39, 0.29) is 0 Å². The third-order valence-electron chi connectivity index (χ3n) is 3.87. The van der Waals surface area contributed by atoms with E-state index < -0.39 is 0 Å². The fourth-order valence-corrected chi connectivity index (χ4v) is 2.78. The lowest BCUT2D eigenvalue weighted by Gasteiger charge is -2.26. The van der Waals surface area contributed by atoms with Gasteiger partial charge in [0.1, 0.15) is 0 Å². The highest BCUT2D eigenvalue weighted by atomic mass is 16.5. The maximum Gasteiger partial charge on any atom is 0.0705 e. The van der Waals surface area contributed by atoms with Crippen molar-refractivity contribution in [2.24, 2.45) is 0 Å². The molecule has 0 N–H and O–H groups in total. The molecule has 2 atom stereocenters.